The van der Waals surface area contributed by atoms with E-state index in [1.54, 1.807) is 23.8 Å². The summed E-state index contributed by atoms with van der Waals surface area (Å²) in [5.41, 5.74) is 4.52. The van der Waals surface area contributed by atoms with Crippen molar-refractivity contribution in [2.45, 2.75) is 24.9 Å². The van der Waals surface area contributed by atoms with Crippen LogP contribution in [0.25, 0.3) is 21.8 Å². The lowest BCUT2D eigenvalue weighted by Crippen LogP contribution is -2.36. The Hall–Kier alpha value is -3.93. The summed E-state index contributed by atoms with van der Waals surface area (Å²) in [6.45, 7) is 7.47. The largest absolute Gasteiger partial charge is 0.456 e. The molecule has 1 fully saturated rings. The molecule has 0 saturated carbocycles. The van der Waals surface area contributed by atoms with Crippen molar-refractivity contribution in [2.75, 3.05) is 41.2 Å². The van der Waals surface area contributed by atoms with Crippen LogP contribution >= 0.6 is 23.3 Å². The summed E-state index contributed by atoms with van der Waals surface area (Å²) in [4.78, 5) is 22.2. The van der Waals surface area contributed by atoms with Gasteiger partial charge in [0, 0.05) is 48.4 Å². The van der Waals surface area contributed by atoms with Gasteiger partial charge < -0.3 is 24.1 Å². The lowest BCUT2D eigenvalue weighted by molar-refractivity contribution is 0.122. The van der Waals surface area contributed by atoms with Gasteiger partial charge in [-0.1, -0.05) is 26.0 Å². The summed E-state index contributed by atoms with van der Waals surface area (Å²) in [7, 11) is 0. The van der Waals surface area contributed by atoms with Crippen molar-refractivity contribution in [1.82, 2.24) is 19.9 Å². The molecule has 9 nitrogen and oxygen atoms in total. The van der Waals surface area contributed by atoms with Gasteiger partial charge in [0.05, 0.1) is 52.6 Å². The van der Waals surface area contributed by atoms with Crippen LogP contribution in [0.2, 0.25) is 0 Å². The van der Waals surface area contributed by atoms with Crippen molar-refractivity contribution in [3.63, 3.8) is 0 Å². The van der Waals surface area contributed by atoms with E-state index in [-0.39, 0.29) is 0 Å². The van der Waals surface area contributed by atoms with Crippen LogP contribution in [0.15, 0.2) is 82.8 Å². The Bertz CT molecular complexity index is 1550. The number of pyridine rings is 1. The first-order valence-electron chi connectivity index (χ1n) is 13.1. The minimum absolute atomic E-state index is 0.295. The lowest BCUT2D eigenvalue weighted by Gasteiger charge is -2.27. The first-order valence-corrected chi connectivity index (χ1v) is 14.7. The molecule has 204 valence electrons. The number of thiazole rings is 1. The van der Waals surface area contributed by atoms with Gasteiger partial charge in [0.15, 0.2) is 5.09 Å². The molecule has 6 rings (SSSR count). The molecule has 2 N–H and O–H groups in total. The molecule has 4 aromatic heterocycles. The molecular weight excluding hydrogens is 543 g/mol. The van der Waals surface area contributed by atoms with Crippen molar-refractivity contribution < 1.29 is 9.15 Å². The van der Waals surface area contributed by atoms with Crippen molar-refractivity contribution in [1.29, 1.82) is 0 Å². The number of rotatable bonds is 9. The summed E-state index contributed by atoms with van der Waals surface area (Å²) < 4.78 is 14.2. The van der Waals surface area contributed by atoms with E-state index < -0.39 is 0 Å². The quantitative estimate of drug-likeness (QED) is 0.179. The standard InChI is InChI=1S/C29H29N7O2S2/c1-19(2)28-34-26(20-5-3-6-21(17-20)35-40-25-7-4-14-38-25)27(39-28)23-10-11-30-29(33-23)32-22-8-9-24(31-18-22)36-12-15-37-16-13-36/h3-11,14,17-19,35H,12-13,15-16H2,1-2H3,(H,30,32,33). The lowest BCUT2D eigenvalue weighted by atomic mass is 10.1. The van der Waals surface area contributed by atoms with E-state index in [2.05, 4.69) is 50.9 Å². The van der Waals surface area contributed by atoms with Crippen LogP contribution in [0.5, 0.6) is 0 Å². The number of anilines is 4. The highest BCUT2D eigenvalue weighted by atomic mass is 32.2. The van der Waals surface area contributed by atoms with E-state index in [0.717, 1.165) is 75.4 Å². The van der Waals surface area contributed by atoms with E-state index in [0.29, 0.717) is 11.9 Å². The molecule has 0 radical (unpaired) electrons. The van der Waals surface area contributed by atoms with Crippen LogP contribution in [0.4, 0.5) is 23.1 Å². The van der Waals surface area contributed by atoms with Crippen LogP contribution in [0.3, 0.4) is 0 Å². The number of hydrogen-bond donors (Lipinski definition) is 2. The number of ether oxygens (including phenoxy) is 1. The average molecular weight is 572 g/mol. The number of hydrogen-bond acceptors (Lipinski definition) is 11. The molecule has 0 aliphatic carbocycles. The average Bonchev–Trinajstić information content (AvgIpc) is 3.68. The Morgan fingerprint density at radius 1 is 0.975 bits per heavy atom. The molecule has 5 aromatic rings. The maximum absolute atomic E-state index is 5.44. The minimum atomic E-state index is 0.295. The summed E-state index contributed by atoms with van der Waals surface area (Å²) in [6, 6.07) is 18.0. The van der Waals surface area contributed by atoms with Crippen molar-refractivity contribution in [3.8, 4) is 21.8 Å². The summed E-state index contributed by atoms with van der Waals surface area (Å²) in [5.74, 6) is 1.75. The number of morpholine rings is 1. The number of nitrogens with zero attached hydrogens (tertiary/aromatic N) is 5. The summed E-state index contributed by atoms with van der Waals surface area (Å²) in [5, 5.41) is 5.17. The van der Waals surface area contributed by atoms with E-state index in [9.17, 15) is 0 Å². The van der Waals surface area contributed by atoms with Crippen molar-refractivity contribution >= 4 is 46.4 Å². The fourth-order valence-electron chi connectivity index (χ4n) is 4.23. The molecule has 0 bridgehead atoms. The molecule has 0 unspecified atom stereocenters. The SMILES string of the molecule is CC(C)c1nc(-c2cccc(NSc3ccco3)c2)c(-c2ccnc(Nc3ccc(N4CCOCC4)nc3)n2)s1. The summed E-state index contributed by atoms with van der Waals surface area (Å²) >= 11 is 3.10. The zero-order chi connectivity index (χ0) is 27.3. The van der Waals surface area contributed by atoms with Crippen LogP contribution in [0.1, 0.15) is 24.8 Å². The topological polar surface area (TPSA) is 101 Å². The van der Waals surface area contributed by atoms with Gasteiger partial charge in [-0.25, -0.2) is 19.9 Å². The molecule has 1 aliphatic heterocycles. The smallest absolute Gasteiger partial charge is 0.227 e. The van der Waals surface area contributed by atoms with Gasteiger partial charge in [-0.15, -0.1) is 11.3 Å². The van der Waals surface area contributed by atoms with Gasteiger partial charge in [-0.05, 0) is 42.5 Å². The monoisotopic (exact) mass is 571 g/mol. The second-order valence-electron chi connectivity index (χ2n) is 9.50. The fraction of sp³-hybridized carbons (Fsp3) is 0.241. The summed E-state index contributed by atoms with van der Waals surface area (Å²) in [6.07, 6.45) is 5.25. The van der Waals surface area contributed by atoms with Crippen LogP contribution in [-0.4, -0.2) is 46.2 Å². The molecule has 11 heteroatoms. The second-order valence-corrected chi connectivity index (χ2v) is 11.3. The van der Waals surface area contributed by atoms with Crippen LogP contribution in [0, 0.1) is 0 Å². The third kappa shape index (κ3) is 6.11. The molecule has 0 atom stereocenters. The highest BCUT2D eigenvalue weighted by Gasteiger charge is 2.19. The molecular formula is C29H29N7O2S2. The highest BCUT2D eigenvalue weighted by molar-refractivity contribution is 8.00. The first kappa shape index (κ1) is 26.3. The fourth-order valence-corrected chi connectivity index (χ4v) is 5.88. The second kappa shape index (κ2) is 12.1. The number of furan rings is 1. The van der Waals surface area contributed by atoms with Crippen molar-refractivity contribution in [2.24, 2.45) is 0 Å². The molecule has 0 amide bonds. The predicted octanol–water partition coefficient (Wildman–Crippen LogP) is 7.08. The zero-order valence-corrected chi connectivity index (χ0v) is 23.8. The Balaban J connectivity index is 1.25. The van der Waals surface area contributed by atoms with E-state index in [4.69, 9.17) is 19.1 Å². The predicted molar refractivity (Wildman–Crippen MR) is 161 cm³/mol. The normalized spacial score (nSPS) is 13.5. The van der Waals surface area contributed by atoms with Crippen molar-refractivity contribution in [3.05, 3.63) is 78.3 Å². The van der Waals surface area contributed by atoms with E-state index >= 15 is 0 Å². The Morgan fingerprint density at radius 2 is 1.88 bits per heavy atom. The van der Waals surface area contributed by atoms with Gasteiger partial charge in [0.1, 0.15) is 5.82 Å². The molecule has 1 saturated heterocycles. The Morgan fingerprint density at radius 3 is 2.65 bits per heavy atom. The van der Waals surface area contributed by atoms with Gasteiger partial charge in [0.25, 0.3) is 0 Å². The third-order valence-electron chi connectivity index (χ3n) is 6.27. The Labute approximate surface area is 241 Å². The van der Waals surface area contributed by atoms with Gasteiger partial charge in [-0.3, -0.25) is 0 Å². The zero-order valence-electron chi connectivity index (χ0n) is 22.2. The number of aromatic nitrogens is 4. The first-order chi connectivity index (χ1) is 19.6. The van der Waals surface area contributed by atoms with Gasteiger partial charge in [-0.2, -0.15) is 0 Å². The number of nitrogens with one attached hydrogen (secondary N) is 2. The maximum atomic E-state index is 5.44. The van der Waals surface area contributed by atoms with Gasteiger partial charge >= 0.3 is 0 Å². The molecule has 0 spiro atoms. The van der Waals surface area contributed by atoms with Crippen LogP contribution < -0.4 is 14.9 Å². The van der Waals surface area contributed by atoms with E-state index in [1.165, 1.54) is 11.9 Å². The molecule has 1 aromatic carbocycles. The Kier molecular flexibility index (Phi) is 7.94. The van der Waals surface area contributed by atoms with E-state index in [1.807, 2.05) is 48.7 Å². The van der Waals surface area contributed by atoms with Crippen LogP contribution in [-0.2, 0) is 4.74 Å². The minimum Gasteiger partial charge on any atom is -0.456 e. The number of benzene rings is 1. The molecule has 1 aliphatic rings. The maximum Gasteiger partial charge on any atom is 0.227 e. The molecule has 40 heavy (non-hydrogen) atoms. The van der Waals surface area contributed by atoms with Gasteiger partial charge in [0.2, 0.25) is 5.95 Å². The molecule has 5 heterocycles. The third-order valence-corrected chi connectivity index (χ3v) is 8.42. The highest BCUT2D eigenvalue weighted by Crippen LogP contribution is 2.39.